The van der Waals surface area contributed by atoms with Gasteiger partial charge in [-0.15, -0.1) is 0 Å². The number of carbonyl (C=O) groups excluding carboxylic acids is 1. The van der Waals surface area contributed by atoms with Crippen molar-refractivity contribution >= 4 is 22.5 Å². The Labute approximate surface area is 122 Å². The number of aromatic nitrogens is 1. The Bertz CT molecular complexity index is 782. The van der Waals surface area contributed by atoms with Gasteiger partial charge in [-0.3, -0.25) is 4.79 Å². The molecule has 0 unspecified atom stereocenters. The maximum atomic E-state index is 11.8. The average molecular weight is 277 g/mol. The number of pyridine rings is 1. The normalized spacial score (nSPS) is 19.0. The first-order chi connectivity index (χ1) is 10.2. The van der Waals surface area contributed by atoms with Crippen LogP contribution >= 0.6 is 0 Å². The van der Waals surface area contributed by atoms with Gasteiger partial charge in [-0.05, 0) is 48.8 Å². The number of benzene rings is 1. The Balaban J connectivity index is 1.68. The highest BCUT2D eigenvalue weighted by Gasteiger charge is 2.44. The van der Waals surface area contributed by atoms with Crippen LogP contribution in [0.25, 0.3) is 10.8 Å². The van der Waals surface area contributed by atoms with E-state index in [1.54, 1.807) is 6.20 Å². The Morgan fingerprint density at radius 2 is 2.10 bits per heavy atom. The fraction of sp³-hybridized carbons (Fsp3) is 0.353. The number of fused-ring (bicyclic) bond motifs is 1. The van der Waals surface area contributed by atoms with Crippen LogP contribution in [0.1, 0.15) is 31.2 Å². The molecule has 0 saturated heterocycles. The predicted octanol–water partition coefficient (Wildman–Crippen LogP) is 3.14. The van der Waals surface area contributed by atoms with E-state index < -0.39 is 0 Å². The van der Waals surface area contributed by atoms with Gasteiger partial charge >= 0.3 is 0 Å². The van der Waals surface area contributed by atoms with Crippen molar-refractivity contribution in [3.8, 4) is 6.07 Å². The highest BCUT2D eigenvalue weighted by Crippen LogP contribution is 2.48. The van der Waals surface area contributed by atoms with Crippen molar-refractivity contribution in [2.24, 2.45) is 5.92 Å². The van der Waals surface area contributed by atoms with Crippen LogP contribution in [-0.2, 0) is 10.2 Å². The van der Waals surface area contributed by atoms with Crippen molar-refractivity contribution in [3.05, 3.63) is 36.0 Å². The largest absolute Gasteiger partial charge is 0.310 e. The van der Waals surface area contributed by atoms with Gasteiger partial charge in [0.1, 0.15) is 5.82 Å². The number of carbonyl (C=O) groups is 1. The van der Waals surface area contributed by atoms with Gasteiger partial charge < -0.3 is 5.32 Å². The van der Waals surface area contributed by atoms with E-state index in [4.69, 9.17) is 0 Å². The summed E-state index contributed by atoms with van der Waals surface area (Å²) < 4.78 is 0. The van der Waals surface area contributed by atoms with E-state index >= 15 is 0 Å². The van der Waals surface area contributed by atoms with Gasteiger partial charge in [0, 0.05) is 17.5 Å². The molecule has 0 bridgehead atoms. The molecule has 4 heteroatoms. The molecule has 21 heavy (non-hydrogen) atoms. The molecule has 1 aromatic heterocycles. The minimum absolute atomic E-state index is 0.0636. The molecular formula is C17H15N3O. The smallest absolute Gasteiger partial charge is 0.228 e. The lowest BCUT2D eigenvalue weighted by molar-refractivity contribution is -0.117. The van der Waals surface area contributed by atoms with E-state index in [2.05, 4.69) is 22.4 Å². The first kappa shape index (κ1) is 12.3. The van der Waals surface area contributed by atoms with Crippen molar-refractivity contribution < 1.29 is 4.79 Å². The van der Waals surface area contributed by atoms with Gasteiger partial charge in [-0.25, -0.2) is 4.98 Å². The third kappa shape index (κ3) is 2.15. The second kappa shape index (κ2) is 4.29. The molecule has 1 aromatic carbocycles. The third-order valence-electron chi connectivity index (χ3n) is 4.44. The lowest BCUT2D eigenvalue weighted by Crippen LogP contribution is -2.14. The van der Waals surface area contributed by atoms with Crippen molar-refractivity contribution in [2.45, 2.75) is 31.1 Å². The van der Waals surface area contributed by atoms with E-state index in [9.17, 15) is 10.1 Å². The molecule has 4 rings (SSSR count). The molecule has 1 N–H and O–H groups in total. The van der Waals surface area contributed by atoms with Gasteiger partial charge in [-0.2, -0.15) is 5.26 Å². The Kier molecular flexibility index (Phi) is 2.52. The van der Waals surface area contributed by atoms with E-state index in [-0.39, 0.29) is 17.2 Å². The molecule has 4 nitrogen and oxygen atoms in total. The molecule has 0 atom stereocenters. The summed E-state index contributed by atoms with van der Waals surface area (Å²) >= 11 is 0. The Morgan fingerprint density at radius 3 is 2.76 bits per heavy atom. The molecule has 0 aliphatic heterocycles. The van der Waals surface area contributed by atoms with E-state index in [0.717, 1.165) is 42.0 Å². The number of hydrogen-bond acceptors (Lipinski definition) is 3. The number of nitrogens with zero attached hydrogens (tertiary/aromatic N) is 2. The fourth-order valence-corrected chi connectivity index (χ4v) is 2.67. The molecule has 2 aliphatic carbocycles. The number of hydrogen-bond donors (Lipinski definition) is 1. The summed E-state index contributed by atoms with van der Waals surface area (Å²) in [5.74, 6) is 0.828. The van der Waals surface area contributed by atoms with Gasteiger partial charge in [-0.1, -0.05) is 12.1 Å². The molecular weight excluding hydrogens is 262 g/mol. The predicted molar refractivity (Wildman–Crippen MR) is 79.6 cm³/mol. The number of anilines is 1. The van der Waals surface area contributed by atoms with E-state index in [1.807, 2.05) is 18.2 Å². The molecule has 104 valence electrons. The van der Waals surface area contributed by atoms with E-state index in [1.165, 1.54) is 0 Å². The van der Waals surface area contributed by atoms with Crippen molar-refractivity contribution in [1.29, 1.82) is 5.26 Å². The summed E-state index contributed by atoms with van der Waals surface area (Å²) in [4.78, 5) is 16.1. The summed E-state index contributed by atoms with van der Waals surface area (Å²) in [6, 6.07) is 10.4. The minimum Gasteiger partial charge on any atom is -0.310 e. The standard InChI is InChI=1S/C17H15N3O/c18-10-17(5-6-17)14-4-3-12-9-19-15(8-13(12)7-14)20-16(21)11-1-2-11/h3-4,7-9,11H,1-2,5-6H2,(H,19,20,21). The molecule has 1 heterocycles. The third-order valence-corrected chi connectivity index (χ3v) is 4.44. The van der Waals surface area contributed by atoms with Gasteiger partial charge in [0.25, 0.3) is 0 Å². The van der Waals surface area contributed by atoms with Crippen molar-refractivity contribution in [2.75, 3.05) is 5.32 Å². The molecule has 1 amide bonds. The molecule has 2 saturated carbocycles. The monoisotopic (exact) mass is 277 g/mol. The topological polar surface area (TPSA) is 65.8 Å². The summed E-state index contributed by atoms with van der Waals surface area (Å²) in [6.45, 7) is 0. The highest BCUT2D eigenvalue weighted by molar-refractivity contribution is 5.95. The number of rotatable bonds is 3. The van der Waals surface area contributed by atoms with Crippen LogP contribution in [0, 0.1) is 17.2 Å². The first-order valence-electron chi connectivity index (χ1n) is 7.33. The van der Waals surface area contributed by atoms with Crippen LogP contribution in [-0.4, -0.2) is 10.9 Å². The summed E-state index contributed by atoms with van der Waals surface area (Å²) in [7, 11) is 0. The molecule has 2 aliphatic rings. The molecule has 2 fully saturated rings. The van der Waals surface area contributed by atoms with Crippen LogP contribution in [0.5, 0.6) is 0 Å². The Hall–Kier alpha value is -2.41. The quantitative estimate of drug-likeness (QED) is 0.937. The van der Waals surface area contributed by atoms with Crippen LogP contribution < -0.4 is 5.32 Å². The zero-order valence-electron chi connectivity index (χ0n) is 11.6. The van der Waals surface area contributed by atoms with Gasteiger partial charge in [0.05, 0.1) is 11.5 Å². The zero-order valence-corrected chi connectivity index (χ0v) is 11.6. The van der Waals surface area contributed by atoms with Crippen LogP contribution in [0.15, 0.2) is 30.5 Å². The second-order valence-electron chi connectivity index (χ2n) is 6.09. The highest BCUT2D eigenvalue weighted by atomic mass is 16.2. The lowest BCUT2D eigenvalue weighted by Gasteiger charge is -2.09. The summed E-state index contributed by atoms with van der Waals surface area (Å²) in [6.07, 6.45) is 5.60. The minimum atomic E-state index is -0.283. The first-order valence-corrected chi connectivity index (χ1v) is 7.33. The van der Waals surface area contributed by atoms with Crippen LogP contribution in [0.3, 0.4) is 0 Å². The number of nitrogens with one attached hydrogen (secondary N) is 1. The summed E-state index contributed by atoms with van der Waals surface area (Å²) in [5.41, 5.74) is 0.790. The number of amides is 1. The van der Waals surface area contributed by atoms with Crippen LogP contribution in [0.4, 0.5) is 5.82 Å². The maximum Gasteiger partial charge on any atom is 0.228 e. The van der Waals surface area contributed by atoms with E-state index in [0.29, 0.717) is 5.82 Å². The fourth-order valence-electron chi connectivity index (χ4n) is 2.67. The molecule has 2 aromatic rings. The summed E-state index contributed by atoms with van der Waals surface area (Å²) in [5, 5.41) is 14.2. The average Bonchev–Trinajstić information content (AvgIpc) is 3.40. The lowest BCUT2D eigenvalue weighted by atomic mass is 9.95. The number of nitriles is 1. The Morgan fingerprint density at radius 1 is 1.29 bits per heavy atom. The maximum absolute atomic E-state index is 11.8. The molecule has 0 radical (unpaired) electrons. The van der Waals surface area contributed by atoms with Crippen molar-refractivity contribution in [1.82, 2.24) is 4.98 Å². The zero-order chi connectivity index (χ0) is 14.4. The second-order valence-corrected chi connectivity index (χ2v) is 6.09. The van der Waals surface area contributed by atoms with Gasteiger partial charge in [0.15, 0.2) is 0 Å². The molecule has 0 spiro atoms. The van der Waals surface area contributed by atoms with Crippen molar-refractivity contribution in [3.63, 3.8) is 0 Å². The van der Waals surface area contributed by atoms with Crippen LogP contribution in [0.2, 0.25) is 0 Å². The SMILES string of the molecule is N#CC1(c2ccc3cnc(NC(=O)C4CC4)cc3c2)CC1. The van der Waals surface area contributed by atoms with Gasteiger partial charge in [0.2, 0.25) is 5.91 Å².